The molecule has 0 spiro atoms. The number of halogens is 1. The number of rotatable bonds is 8. The van der Waals surface area contributed by atoms with Crippen LogP contribution in [0.3, 0.4) is 0 Å². The van der Waals surface area contributed by atoms with E-state index >= 15 is 0 Å². The van der Waals surface area contributed by atoms with E-state index in [1.807, 2.05) is 13.8 Å². The van der Waals surface area contributed by atoms with E-state index in [2.05, 4.69) is 16.9 Å². The van der Waals surface area contributed by atoms with E-state index in [0.29, 0.717) is 17.9 Å². The molecule has 0 heterocycles. The maximum atomic E-state index is 5.78. The summed E-state index contributed by atoms with van der Waals surface area (Å²) in [5.74, 6) is 0.524. The van der Waals surface area contributed by atoms with Gasteiger partial charge in [0.25, 0.3) is 0 Å². The Morgan fingerprint density at radius 1 is 1.50 bits per heavy atom. The van der Waals surface area contributed by atoms with Crippen LogP contribution in [0.25, 0.3) is 0 Å². The van der Waals surface area contributed by atoms with Crippen LogP contribution in [0.15, 0.2) is 17.1 Å². The fourth-order valence-corrected chi connectivity index (χ4v) is 1.65. The molecule has 0 aromatic rings. The van der Waals surface area contributed by atoms with Crippen LogP contribution in [-0.2, 0) is 4.74 Å². The summed E-state index contributed by atoms with van der Waals surface area (Å²) >= 11 is 0. The van der Waals surface area contributed by atoms with Gasteiger partial charge in [-0.3, -0.25) is 4.99 Å². The molecule has 0 radical (unpaired) electrons. The van der Waals surface area contributed by atoms with Gasteiger partial charge < -0.3 is 15.8 Å². The third-order valence-corrected chi connectivity index (χ3v) is 3.09. The zero-order valence-corrected chi connectivity index (χ0v) is 13.8. The van der Waals surface area contributed by atoms with Gasteiger partial charge in [-0.2, -0.15) is 0 Å². The molecule has 0 saturated heterocycles. The highest BCUT2D eigenvalue weighted by atomic mass is 127. The van der Waals surface area contributed by atoms with Crippen molar-refractivity contribution in [2.75, 3.05) is 26.3 Å². The highest BCUT2D eigenvalue weighted by Crippen LogP contribution is 2.48. The van der Waals surface area contributed by atoms with Crippen molar-refractivity contribution in [1.82, 2.24) is 5.32 Å². The molecule has 0 aromatic heterocycles. The Morgan fingerprint density at radius 2 is 2.17 bits per heavy atom. The standard InChI is InChI=1S/C13H25N3O.HI/c1-4-17-8-7-13(5-6-13)10-16-12(14)15-9-11(2)3;/h2,4-10H2,1,3H3,(H3,14,15,16);1H. The lowest BCUT2D eigenvalue weighted by molar-refractivity contribution is 0.129. The van der Waals surface area contributed by atoms with Gasteiger partial charge in [-0.15, -0.1) is 24.0 Å². The Bertz CT molecular complexity index is 288. The summed E-state index contributed by atoms with van der Waals surface area (Å²) < 4.78 is 5.39. The van der Waals surface area contributed by atoms with E-state index < -0.39 is 0 Å². The minimum atomic E-state index is 0. The fraction of sp³-hybridized carbons (Fsp3) is 0.769. The molecule has 0 atom stereocenters. The molecule has 106 valence electrons. The number of hydrogen-bond acceptors (Lipinski definition) is 2. The Hall–Kier alpha value is -0.300. The molecule has 1 aliphatic carbocycles. The van der Waals surface area contributed by atoms with Gasteiger partial charge in [-0.1, -0.05) is 12.2 Å². The first-order valence-electron chi connectivity index (χ1n) is 6.34. The van der Waals surface area contributed by atoms with E-state index in [9.17, 15) is 0 Å². The van der Waals surface area contributed by atoms with Crippen molar-refractivity contribution in [3.8, 4) is 0 Å². The second-order valence-electron chi connectivity index (χ2n) is 4.96. The largest absolute Gasteiger partial charge is 0.382 e. The Morgan fingerprint density at radius 3 is 2.67 bits per heavy atom. The van der Waals surface area contributed by atoms with Crippen molar-refractivity contribution in [2.45, 2.75) is 33.1 Å². The molecule has 0 bridgehead atoms. The van der Waals surface area contributed by atoms with Gasteiger partial charge in [0.1, 0.15) is 0 Å². The second kappa shape index (κ2) is 8.74. The summed E-state index contributed by atoms with van der Waals surface area (Å²) in [5, 5.41) is 3.05. The molecule has 18 heavy (non-hydrogen) atoms. The first-order valence-corrected chi connectivity index (χ1v) is 6.34. The van der Waals surface area contributed by atoms with Crippen molar-refractivity contribution in [3.63, 3.8) is 0 Å². The molecular formula is C13H26IN3O. The van der Waals surface area contributed by atoms with Crippen LogP contribution in [-0.4, -0.2) is 32.3 Å². The van der Waals surface area contributed by atoms with Gasteiger partial charge >= 0.3 is 0 Å². The highest BCUT2D eigenvalue weighted by Gasteiger charge is 2.41. The molecular weight excluding hydrogens is 341 g/mol. The zero-order chi connectivity index (χ0) is 12.7. The maximum absolute atomic E-state index is 5.78. The van der Waals surface area contributed by atoms with Crippen LogP contribution in [0.1, 0.15) is 33.1 Å². The van der Waals surface area contributed by atoms with Gasteiger partial charge in [-0.25, -0.2) is 0 Å². The number of guanidine groups is 1. The van der Waals surface area contributed by atoms with E-state index in [-0.39, 0.29) is 24.0 Å². The van der Waals surface area contributed by atoms with Gasteiger partial charge in [-0.05, 0) is 38.5 Å². The highest BCUT2D eigenvalue weighted by molar-refractivity contribution is 14.0. The van der Waals surface area contributed by atoms with E-state index in [1.165, 1.54) is 12.8 Å². The summed E-state index contributed by atoms with van der Waals surface area (Å²) in [6, 6.07) is 0. The lowest BCUT2D eigenvalue weighted by atomic mass is 10.0. The molecule has 5 heteroatoms. The number of nitrogens with two attached hydrogens (primary N) is 1. The van der Waals surface area contributed by atoms with Crippen LogP contribution in [0, 0.1) is 5.41 Å². The first kappa shape index (κ1) is 17.7. The van der Waals surface area contributed by atoms with Crippen molar-refractivity contribution < 1.29 is 4.74 Å². The SMILES string of the molecule is C=C(C)CNC(N)=NCC1(CCOCC)CC1.I. The topological polar surface area (TPSA) is 59.6 Å². The predicted molar refractivity (Wildman–Crippen MR) is 87.5 cm³/mol. The number of nitrogens with zero attached hydrogens (tertiary/aromatic N) is 1. The predicted octanol–water partition coefficient (Wildman–Crippen LogP) is 2.29. The molecule has 0 amide bonds. The molecule has 1 rings (SSSR count). The first-order chi connectivity index (χ1) is 8.08. The van der Waals surface area contributed by atoms with Crippen molar-refractivity contribution in [1.29, 1.82) is 0 Å². The van der Waals surface area contributed by atoms with Crippen LogP contribution in [0.5, 0.6) is 0 Å². The zero-order valence-electron chi connectivity index (χ0n) is 11.5. The second-order valence-corrected chi connectivity index (χ2v) is 4.96. The number of ether oxygens (including phenoxy) is 1. The van der Waals surface area contributed by atoms with E-state index in [1.54, 1.807) is 0 Å². The Kier molecular flexibility index (Phi) is 8.60. The van der Waals surface area contributed by atoms with Crippen LogP contribution >= 0.6 is 24.0 Å². The third kappa shape index (κ3) is 7.20. The maximum Gasteiger partial charge on any atom is 0.188 e. The van der Waals surface area contributed by atoms with E-state index in [4.69, 9.17) is 10.5 Å². The summed E-state index contributed by atoms with van der Waals surface area (Å²) in [6.07, 6.45) is 3.59. The summed E-state index contributed by atoms with van der Waals surface area (Å²) in [7, 11) is 0. The smallest absolute Gasteiger partial charge is 0.188 e. The van der Waals surface area contributed by atoms with Crippen molar-refractivity contribution in [2.24, 2.45) is 16.1 Å². The summed E-state index contributed by atoms with van der Waals surface area (Å²) in [4.78, 5) is 4.40. The van der Waals surface area contributed by atoms with Crippen LogP contribution in [0.4, 0.5) is 0 Å². The third-order valence-electron chi connectivity index (χ3n) is 3.09. The van der Waals surface area contributed by atoms with Crippen molar-refractivity contribution in [3.05, 3.63) is 12.2 Å². The molecule has 1 saturated carbocycles. The van der Waals surface area contributed by atoms with Gasteiger partial charge in [0.05, 0.1) is 0 Å². The fourth-order valence-electron chi connectivity index (χ4n) is 1.65. The average Bonchev–Trinajstić information content (AvgIpc) is 3.05. The minimum absolute atomic E-state index is 0. The molecule has 0 unspecified atom stereocenters. The minimum Gasteiger partial charge on any atom is -0.382 e. The molecule has 3 N–H and O–H groups in total. The molecule has 0 aromatic carbocycles. The van der Waals surface area contributed by atoms with Crippen molar-refractivity contribution >= 4 is 29.9 Å². The normalized spacial score (nSPS) is 16.9. The Balaban J connectivity index is 0.00000289. The number of aliphatic imine (C=N–C) groups is 1. The van der Waals surface area contributed by atoms with E-state index in [0.717, 1.165) is 31.8 Å². The van der Waals surface area contributed by atoms with Crippen LogP contribution < -0.4 is 11.1 Å². The van der Waals surface area contributed by atoms with Gasteiger partial charge in [0, 0.05) is 26.3 Å². The summed E-state index contributed by atoms with van der Waals surface area (Å²) in [6.45, 7) is 10.9. The number of hydrogen-bond donors (Lipinski definition) is 2. The lowest BCUT2D eigenvalue weighted by Gasteiger charge is -2.13. The quantitative estimate of drug-likeness (QED) is 0.228. The molecule has 0 aliphatic heterocycles. The number of nitrogens with one attached hydrogen (secondary N) is 1. The van der Waals surface area contributed by atoms with Gasteiger partial charge in [0.2, 0.25) is 0 Å². The molecule has 4 nitrogen and oxygen atoms in total. The average molecular weight is 367 g/mol. The monoisotopic (exact) mass is 367 g/mol. The lowest BCUT2D eigenvalue weighted by Crippen LogP contribution is -2.33. The van der Waals surface area contributed by atoms with Gasteiger partial charge in [0.15, 0.2) is 5.96 Å². The molecule has 1 aliphatic rings. The summed E-state index contributed by atoms with van der Waals surface area (Å²) in [5.41, 5.74) is 7.20. The Labute approximate surface area is 127 Å². The molecule has 1 fully saturated rings. The van der Waals surface area contributed by atoms with Crippen LogP contribution in [0.2, 0.25) is 0 Å².